The second-order valence-corrected chi connectivity index (χ2v) is 5.97. The lowest BCUT2D eigenvalue weighted by Gasteiger charge is -2.17. The molecule has 0 atom stereocenters. The average Bonchev–Trinajstić information content (AvgIpc) is 2.74. The smallest absolute Gasteiger partial charge is 0.259 e. The van der Waals surface area contributed by atoms with Crippen molar-refractivity contribution in [3.05, 3.63) is 58.7 Å². The van der Waals surface area contributed by atoms with Crippen LogP contribution in [0.2, 0.25) is 0 Å². The predicted molar refractivity (Wildman–Crippen MR) is 87.2 cm³/mol. The number of aryl methyl sites for hydroxylation is 2. The zero-order valence-corrected chi connectivity index (χ0v) is 13.0. The molecule has 0 unspecified atom stereocenters. The van der Waals surface area contributed by atoms with Gasteiger partial charge in [0.1, 0.15) is 0 Å². The molecular weight excluding hydrogens is 260 g/mol. The van der Waals surface area contributed by atoms with Crippen molar-refractivity contribution >= 4 is 17.3 Å². The molecule has 0 saturated carbocycles. The quantitative estimate of drug-likeness (QED) is 0.840. The summed E-state index contributed by atoms with van der Waals surface area (Å²) in [5.74, 6) is 0.0960. The lowest BCUT2D eigenvalue weighted by molar-refractivity contribution is 0.0996. The minimum Gasteiger partial charge on any atom is -0.378 e. The van der Waals surface area contributed by atoms with Gasteiger partial charge in [-0.05, 0) is 54.8 Å². The number of nitrogens with zero attached hydrogens (tertiary/aromatic N) is 2. The van der Waals surface area contributed by atoms with Gasteiger partial charge in [0, 0.05) is 31.0 Å². The van der Waals surface area contributed by atoms with Gasteiger partial charge in [0.25, 0.3) is 5.91 Å². The minimum absolute atomic E-state index is 0.0960. The number of carbonyl (C=O) groups is 1. The van der Waals surface area contributed by atoms with Gasteiger partial charge >= 0.3 is 0 Å². The van der Waals surface area contributed by atoms with Gasteiger partial charge in [-0.2, -0.15) is 0 Å². The third kappa shape index (κ3) is 2.40. The van der Waals surface area contributed by atoms with E-state index in [1.807, 2.05) is 30.0 Å². The molecule has 1 aliphatic rings. The van der Waals surface area contributed by atoms with Crippen molar-refractivity contribution in [3.63, 3.8) is 0 Å². The number of hydrogen-bond donors (Lipinski definition) is 0. The third-order valence-corrected chi connectivity index (χ3v) is 3.93. The molecule has 0 bridgehead atoms. The van der Waals surface area contributed by atoms with Crippen molar-refractivity contribution < 1.29 is 4.79 Å². The Morgan fingerprint density at radius 3 is 2.29 bits per heavy atom. The second kappa shape index (κ2) is 4.92. The molecule has 0 spiro atoms. The van der Waals surface area contributed by atoms with E-state index < -0.39 is 0 Å². The molecule has 0 fully saturated rings. The van der Waals surface area contributed by atoms with E-state index in [1.54, 1.807) is 0 Å². The van der Waals surface area contributed by atoms with E-state index in [2.05, 4.69) is 44.2 Å². The number of anilines is 2. The Kier molecular flexibility index (Phi) is 3.20. The first-order valence-electron chi connectivity index (χ1n) is 7.16. The van der Waals surface area contributed by atoms with Gasteiger partial charge < -0.3 is 9.80 Å². The summed E-state index contributed by atoms with van der Waals surface area (Å²) in [6.45, 7) is 4.79. The first kappa shape index (κ1) is 13.7. The van der Waals surface area contributed by atoms with E-state index in [-0.39, 0.29) is 5.91 Å². The van der Waals surface area contributed by atoms with Gasteiger partial charge in [0.2, 0.25) is 0 Å². The van der Waals surface area contributed by atoms with Crippen LogP contribution in [0.1, 0.15) is 27.0 Å². The summed E-state index contributed by atoms with van der Waals surface area (Å²) in [7, 11) is 3.98. The number of carbonyl (C=O) groups excluding carboxylic acids is 1. The highest BCUT2D eigenvalue weighted by Crippen LogP contribution is 2.31. The highest BCUT2D eigenvalue weighted by atomic mass is 16.2. The zero-order chi connectivity index (χ0) is 15.1. The van der Waals surface area contributed by atoms with Gasteiger partial charge in [-0.15, -0.1) is 0 Å². The first-order chi connectivity index (χ1) is 9.95. The van der Waals surface area contributed by atoms with Gasteiger partial charge in [-0.25, -0.2) is 0 Å². The summed E-state index contributed by atoms with van der Waals surface area (Å²) in [6, 6.07) is 12.4. The van der Waals surface area contributed by atoms with E-state index in [0.717, 1.165) is 22.5 Å². The summed E-state index contributed by atoms with van der Waals surface area (Å²) < 4.78 is 0. The Balaban J connectivity index is 2.00. The molecule has 1 aliphatic heterocycles. The fourth-order valence-corrected chi connectivity index (χ4v) is 2.88. The summed E-state index contributed by atoms with van der Waals surface area (Å²) >= 11 is 0. The Labute approximate surface area is 125 Å². The highest BCUT2D eigenvalue weighted by Gasteiger charge is 2.29. The Hall–Kier alpha value is -2.29. The number of rotatable bonds is 2. The lowest BCUT2D eigenvalue weighted by Crippen LogP contribution is -2.23. The molecule has 108 valence electrons. The summed E-state index contributed by atoms with van der Waals surface area (Å²) in [5.41, 5.74) is 6.33. The molecule has 3 heteroatoms. The van der Waals surface area contributed by atoms with Crippen LogP contribution < -0.4 is 9.80 Å². The maximum absolute atomic E-state index is 12.7. The van der Waals surface area contributed by atoms with Crippen LogP contribution >= 0.6 is 0 Å². The molecule has 21 heavy (non-hydrogen) atoms. The Morgan fingerprint density at radius 1 is 1.00 bits per heavy atom. The van der Waals surface area contributed by atoms with Crippen LogP contribution in [0.25, 0.3) is 0 Å². The van der Waals surface area contributed by atoms with Crippen LogP contribution in [-0.2, 0) is 6.54 Å². The van der Waals surface area contributed by atoms with Crippen molar-refractivity contribution in [2.75, 3.05) is 23.9 Å². The average molecular weight is 280 g/mol. The fraction of sp³-hybridized carbons (Fsp3) is 0.278. The summed E-state index contributed by atoms with van der Waals surface area (Å²) in [5, 5.41) is 0. The Bertz CT molecular complexity index is 699. The molecule has 1 heterocycles. The number of hydrogen-bond acceptors (Lipinski definition) is 2. The maximum atomic E-state index is 12.7. The third-order valence-electron chi connectivity index (χ3n) is 3.93. The molecule has 2 aromatic rings. The summed E-state index contributed by atoms with van der Waals surface area (Å²) in [4.78, 5) is 16.6. The van der Waals surface area contributed by atoms with Crippen LogP contribution in [0.3, 0.4) is 0 Å². The first-order valence-corrected chi connectivity index (χ1v) is 7.16. The van der Waals surface area contributed by atoms with E-state index in [4.69, 9.17) is 0 Å². The van der Waals surface area contributed by atoms with Gasteiger partial charge in [0.05, 0.1) is 6.54 Å². The SMILES string of the molecule is Cc1cc(C)cc(N2Cc3ccc(N(C)C)cc3C2=O)c1. The van der Waals surface area contributed by atoms with E-state index in [1.165, 1.54) is 11.1 Å². The van der Waals surface area contributed by atoms with Crippen molar-refractivity contribution in [1.82, 2.24) is 0 Å². The van der Waals surface area contributed by atoms with Crippen molar-refractivity contribution in [2.24, 2.45) is 0 Å². The zero-order valence-electron chi connectivity index (χ0n) is 13.0. The molecule has 0 aliphatic carbocycles. The van der Waals surface area contributed by atoms with E-state index >= 15 is 0 Å². The second-order valence-electron chi connectivity index (χ2n) is 5.97. The summed E-state index contributed by atoms with van der Waals surface area (Å²) in [6.07, 6.45) is 0. The fourth-order valence-electron chi connectivity index (χ4n) is 2.88. The maximum Gasteiger partial charge on any atom is 0.259 e. The van der Waals surface area contributed by atoms with E-state index in [0.29, 0.717) is 6.54 Å². The van der Waals surface area contributed by atoms with Crippen molar-refractivity contribution in [2.45, 2.75) is 20.4 Å². The van der Waals surface area contributed by atoms with Crippen LogP contribution in [0.15, 0.2) is 36.4 Å². The van der Waals surface area contributed by atoms with Crippen LogP contribution in [0.5, 0.6) is 0 Å². The van der Waals surface area contributed by atoms with Crippen LogP contribution in [0, 0.1) is 13.8 Å². The largest absolute Gasteiger partial charge is 0.378 e. The molecule has 3 rings (SSSR count). The molecule has 0 aromatic heterocycles. The molecule has 3 nitrogen and oxygen atoms in total. The Morgan fingerprint density at radius 2 is 1.67 bits per heavy atom. The van der Waals surface area contributed by atoms with Crippen molar-refractivity contribution in [1.29, 1.82) is 0 Å². The number of fused-ring (bicyclic) bond motifs is 1. The van der Waals surface area contributed by atoms with Gasteiger partial charge in [-0.3, -0.25) is 4.79 Å². The molecule has 1 amide bonds. The predicted octanol–water partition coefficient (Wildman–Crippen LogP) is 3.53. The lowest BCUT2D eigenvalue weighted by atomic mass is 10.1. The molecular formula is C18H20N2O. The van der Waals surface area contributed by atoms with Crippen LogP contribution in [0.4, 0.5) is 11.4 Å². The number of amides is 1. The van der Waals surface area contributed by atoms with E-state index in [9.17, 15) is 4.79 Å². The normalized spacial score (nSPS) is 13.5. The molecule has 0 radical (unpaired) electrons. The highest BCUT2D eigenvalue weighted by molar-refractivity contribution is 6.10. The molecule has 2 aromatic carbocycles. The standard InChI is InChI=1S/C18H20N2O/c1-12-7-13(2)9-16(8-12)20-11-14-5-6-15(19(3)4)10-17(14)18(20)21/h5-10H,11H2,1-4H3. The minimum atomic E-state index is 0.0960. The molecule has 0 saturated heterocycles. The van der Waals surface area contributed by atoms with Crippen LogP contribution in [-0.4, -0.2) is 20.0 Å². The van der Waals surface area contributed by atoms with Gasteiger partial charge in [-0.1, -0.05) is 12.1 Å². The van der Waals surface area contributed by atoms with Crippen molar-refractivity contribution in [3.8, 4) is 0 Å². The molecule has 0 N–H and O–H groups in total. The topological polar surface area (TPSA) is 23.6 Å². The number of benzene rings is 2. The van der Waals surface area contributed by atoms with Gasteiger partial charge in [0.15, 0.2) is 0 Å². The monoisotopic (exact) mass is 280 g/mol.